The largest absolute Gasteiger partial charge is 0.396 e. The van der Waals surface area contributed by atoms with Crippen molar-refractivity contribution in [2.45, 2.75) is 19.0 Å². The molecule has 0 fully saturated rings. The Balaban J connectivity index is 1.99. The molecule has 4 heteroatoms. The number of benzene rings is 1. The lowest BCUT2D eigenvalue weighted by Crippen LogP contribution is -2.22. The summed E-state index contributed by atoms with van der Waals surface area (Å²) in [5.74, 6) is 0. The normalized spacial score (nSPS) is 12.3. The number of rotatable bonds is 6. The molecule has 0 amide bonds. The molecule has 0 unspecified atom stereocenters. The fourth-order valence-electron chi connectivity index (χ4n) is 1.95. The summed E-state index contributed by atoms with van der Waals surface area (Å²) in [6.45, 7) is 0.856. The van der Waals surface area contributed by atoms with Gasteiger partial charge in [-0.05, 0) is 23.6 Å². The van der Waals surface area contributed by atoms with Crippen molar-refractivity contribution >= 4 is 11.6 Å². The standard InChI is InChI=1S/C15H17ClN2O/c16-15-7-6-12(11-18-15)10-17-14(8-9-19)13-4-2-1-3-5-13/h1-7,11,14,17,19H,8-10H2/t14-/m1/s1. The van der Waals surface area contributed by atoms with Gasteiger partial charge in [-0.1, -0.05) is 48.0 Å². The second-order valence-corrected chi connectivity index (χ2v) is 4.73. The minimum absolute atomic E-state index is 0.141. The first kappa shape index (κ1) is 14.0. The molecule has 0 saturated carbocycles. The van der Waals surface area contributed by atoms with Crippen LogP contribution in [0.2, 0.25) is 5.15 Å². The van der Waals surface area contributed by atoms with Gasteiger partial charge in [0.25, 0.3) is 0 Å². The zero-order valence-corrected chi connectivity index (χ0v) is 11.3. The Bertz CT molecular complexity index is 487. The van der Waals surface area contributed by atoms with Crippen LogP contribution >= 0.6 is 11.6 Å². The Kier molecular flexibility index (Phi) is 5.33. The minimum Gasteiger partial charge on any atom is -0.396 e. The van der Waals surface area contributed by atoms with Crippen molar-refractivity contribution in [3.63, 3.8) is 0 Å². The predicted molar refractivity (Wildman–Crippen MR) is 77.0 cm³/mol. The van der Waals surface area contributed by atoms with E-state index in [1.165, 1.54) is 5.56 Å². The summed E-state index contributed by atoms with van der Waals surface area (Å²) in [5.41, 5.74) is 2.25. The molecule has 19 heavy (non-hydrogen) atoms. The van der Waals surface area contributed by atoms with Crippen LogP contribution in [0.25, 0.3) is 0 Å². The van der Waals surface area contributed by atoms with Crippen molar-refractivity contribution < 1.29 is 5.11 Å². The molecule has 1 aromatic heterocycles. The molecule has 2 aromatic rings. The molecule has 0 aliphatic rings. The van der Waals surface area contributed by atoms with E-state index < -0.39 is 0 Å². The Labute approximate surface area is 118 Å². The molecule has 2 rings (SSSR count). The second kappa shape index (κ2) is 7.24. The third-order valence-electron chi connectivity index (χ3n) is 2.96. The van der Waals surface area contributed by atoms with E-state index >= 15 is 0 Å². The lowest BCUT2D eigenvalue weighted by molar-refractivity contribution is 0.265. The molecule has 0 radical (unpaired) electrons. The van der Waals surface area contributed by atoms with Gasteiger partial charge >= 0.3 is 0 Å². The van der Waals surface area contributed by atoms with E-state index in [0.29, 0.717) is 18.1 Å². The summed E-state index contributed by atoms with van der Waals surface area (Å²) in [7, 11) is 0. The van der Waals surface area contributed by atoms with Crippen LogP contribution in [0.3, 0.4) is 0 Å². The molecule has 0 aliphatic heterocycles. The third kappa shape index (κ3) is 4.31. The number of hydrogen-bond acceptors (Lipinski definition) is 3. The number of aliphatic hydroxyl groups excluding tert-OH is 1. The van der Waals surface area contributed by atoms with E-state index in [9.17, 15) is 0 Å². The lowest BCUT2D eigenvalue weighted by Gasteiger charge is -2.18. The van der Waals surface area contributed by atoms with Gasteiger partial charge in [-0.15, -0.1) is 0 Å². The number of nitrogens with zero attached hydrogens (tertiary/aromatic N) is 1. The van der Waals surface area contributed by atoms with Crippen molar-refractivity contribution in [2.75, 3.05) is 6.61 Å². The van der Waals surface area contributed by atoms with Crippen LogP contribution in [0.15, 0.2) is 48.7 Å². The maximum atomic E-state index is 9.16. The minimum atomic E-state index is 0.141. The van der Waals surface area contributed by atoms with E-state index in [1.807, 2.05) is 24.3 Å². The summed E-state index contributed by atoms with van der Waals surface area (Å²) in [6.07, 6.45) is 2.45. The molecule has 0 saturated heterocycles. The van der Waals surface area contributed by atoms with E-state index in [4.69, 9.17) is 16.7 Å². The predicted octanol–water partition coefficient (Wildman–Crippen LogP) is 2.95. The van der Waals surface area contributed by atoms with Gasteiger partial charge in [0.05, 0.1) is 0 Å². The Hall–Kier alpha value is -1.42. The van der Waals surface area contributed by atoms with Gasteiger partial charge in [0, 0.05) is 25.4 Å². The van der Waals surface area contributed by atoms with Crippen molar-refractivity contribution in [1.82, 2.24) is 10.3 Å². The zero-order valence-electron chi connectivity index (χ0n) is 10.6. The lowest BCUT2D eigenvalue weighted by atomic mass is 10.0. The smallest absolute Gasteiger partial charge is 0.129 e. The van der Waals surface area contributed by atoms with Gasteiger partial charge in [-0.2, -0.15) is 0 Å². The van der Waals surface area contributed by atoms with E-state index in [-0.39, 0.29) is 12.6 Å². The Morgan fingerprint density at radius 1 is 1.16 bits per heavy atom. The Morgan fingerprint density at radius 2 is 1.95 bits per heavy atom. The van der Waals surface area contributed by atoms with Crippen LogP contribution in [-0.2, 0) is 6.54 Å². The number of aromatic nitrogens is 1. The van der Waals surface area contributed by atoms with Crippen LogP contribution in [0.4, 0.5) is 0 Å². The van der Waals surface area contributed by atoms with Crippen molar-refractivity contribution in [2.24, 2.45) is 0 Å². The maximum absolute atomic E-state index is 9.16. The molecule has 1 atom stereocenters. The number of pyridine rings is 1. The fourth-order valence-corrected chi connectivity index (χ4v) is 2.06. The summed E-state index contributed by atoms with van der Waals surface area (Å²) < 4.78 is 0. The van der Waals surface area contributed by atoms with Crippen LogP contribution in [0, 0.1) is 0 Å². The summed E-state index contributed by atoms with van der Waals surface area (Å²) >= 11 is 5.76. The second-order valence-electron chi connectivity index (χ2n) is 4.35. The fraction of sp³-hybridized carbons (Fsp3) is 0.267. The van der Waals surface area contributed by atoms with Gasteiger partial charge in [0.1, 0.15) is 5.15 Å². The summed E-state index contributed by atoms with van der Waals surface area (Å²) in [6, 6.07) is 14.0. The van der Waals surface area contributed by atoms with Crippen molar-refractivity contribution in [3.05, 3.63) is 64.9 Å². The van der Waals surface area contributed by atoms with Gasteiger partial charge < -0.3 is 10.4 Å². The highest BCUT2D eigenvalue weighted by Crippen LogP contribution is 2.17. The molecular weight excluding hydrogens is 260 g/mol. The van der Waals surface area contributed by atoms with Gasteiger partial charge in [0.15, 0.2) is 0 Å². The first-order chi connectivity index (χ1) is 9.29. The van der Waals surface area contributed by atoms with Gasteiger partial charge in [-0.25, -0.2) is 4.98 Å². The molecule has 1 aromatic carbocycles. The average molecular weight is 277 g/mol. The molecule has 2 N–H and O–H groups in total. The number of aliphatic hydroxyl groups is 1. The number of nitrogens with one attached hydrogen (secondary N) is 1. The van der Waals surface area contributed by atoms with Crippen molar-refractivity contribution in [1.29, 1.82) is 0 Å². The summed E-state index contributed by atoms with van der Waals surface area (Å²) in [4.78, 5) is 4.05. The van der Waals surface area contributed by atoms with Crippen LogP contribution in [0.5, 0.6) is 0 Å². The monoisotopic (exact) mass is 276 g/mol. The third-order valence-corrected chi connectivity index (χ3v) is 3.18. The quantitative estimate of drug-likeness (QED) is 0.798. The van der Waals surface area contributed by atoms with Crippen molar-refractivity contribution in [3.8, 4) is 0 Å². The van der Waals surface area contributed by atoms with Gasteiger partial charge in [-0.3, -0.25) is 0 Å². The number of hydrogen-bond donors (Lipinski definition) is 2. The van der Waals surface area contributed by atoms with E-state index in [1.54, 1.807) is 12.3 Å². The van der Waals surface area contributed by atoms with Gasteiger partial charge in [0.2, 0.25) is 0 Å². The Morgan fingerprint density at radius 3 is 2.58 bits per heavy atom. The maximum Gasteiger partial charge on any atom is 0.129 e. The highest BCUT2D eigenvalue weighted by atomic mass is 35.5. The van der Waals surface area contributed by atoms with Crippen LogP contribution in [-0.4, -0.2) is 16.7 Å². The molecule has 1 heterocycles. The van der Waals surface area contributed by atoms with E-state index in [2.05, 4.69) is 22.4 Å². The first-order valence-corrected chi connectivity index (χ1v) is 6.67. The highest BCUT2D eigenvalue weighted by Gasteiger charge is 2.09. The topological polar surface area (TPSA) is 45.1 Å². The highest BCUT2D eigenvalue weighted by molar-refractivity contribution is 6.29. The summed E-state index contributed by atoms with van der Waals surface area (Å²) in [5, 5.41) is 13.1. The average Bonchev–Trinajstić information content (AvgIpc) is 2.46. The molecule has 3 nitrogen and oxygen atoms in total. The van der Waals surface area contributed by atoms with E-state index in [0.717, 1.165) is 5.56 Å². The zero-order chi connectivity index (χ0) is 13.5. The first-order valence-electron chi connectivity index (χ1n) is 6.29. The molecule has 0 aliphatic carbocycles. The molecule has 100 valence electrons. The number of halogens is 1. The SMILES string of the molecule is OCC[C@@H](NCc1ccc(Cl)nc1)c1ccccc1. The molecular formula is C15H17ClN2O. The molecule has 0 bridgehead atoms. The van der Waals surface area contributed by atoms with Crippen LogP contribution < -0.4 is 5.32 Å². The van der Waals surface area contributed by atoms with Crippen LogP contribution in [0.1, 0.15) is 23.6 Å². The molecule has 0 spiro atoms.